The van der Waals surface area contributed by atoms with Gasteiger partial charge in [0.05, 0.1) is 11.4 Å². The third kappa shape index (κ3) is 4.80. The molecule has 96 valence electrons. The van der Waals surface area contributed by atoms with E-state index in [2.05, 4.69) is 4.72 Å². The first-order chi connectivity index (χ1) is 7.94. The first kappa shape index (κ1) is 14.1. The van der Waals surface area contributed by atoms with Crippen LogP contribution in [-0.2, 0) is 14.8 Å². The molecule has 1 aromatic carbocycles. The lowest BCUT2D eigenvalue weighted by atomic mass is 10.3. The molecule has 0 aliphatic heterocycles. The summed E-state index contributed by atoms with van der Waals surface area (Å²) in [6.07, 6.45) is 0.382. The zero-order valence-electron chi connectivity index (χ0n) is 9.31. The third-order valence-corrected chi connectivity index (χ3v) is 3.58. The summed E-state index contributed by atoms with van der Waals surface area (Å²) in [5, 5.41) is 9.80. The molecule has 1 rings (SSSR count). The summed E-state index contributed by atoms with van der Waals surface area (Å²) >= 11 is 5.71. The lowest BCUT2D eigenvalue weighted by Crippen LogP contribution is -2.17. The van der Waals surface area contributed by atoms with Crippen molar-refractivity contribution < 1.29 is 18.3 Å². The van der Waals surface area contributed by atoms with Crippen LogP contribution in [-0.4, -0.2) is 33.0 Å². The van der Waals surface area contributed by atoms with Gasteiger partial charge in [0.15, 0.2) is 0 Å². The number of halogens is 1. The highest BCUT2D eigenvalue weighted by Crippen LogP contribution is 2.27. The van der Waals surface area contributed by atoms with E-state index in [-0.39, 0.29) is 17.2 Å². The highest BCUT2D eigenvalue weighted by Gasteiger charge is 2.12. The minimum Gasteiger partial charge on any atom is -0.506 e. The number of anilines is 1. The first-order valence-corrected chi connectivity index (χ1v) is 6.95. The molecule has 2 N–H and O–H groups in total. The van der Waals surface area contributed by atoms with E-state index in [1.165, 1.54) is 25.3 Å². The molecular formula is C10H14ClNO4S. The van der Waals surface area contributed by atoms with Crippen LogP contribution in [0.15, 0.2) is 18.2 Å². The molecule has 0 unspecified atom stereocenters. The number of aromatic hydroxyl groups is 1. The van der Waals surface area contributed by atoms with Crippen molar-refractivity contribution in [3.05, 3.63) is 23.2 Å². The highest BCUT2D eigenvalue weighted by molar-refractivity contribution is 7.92. The summed E-state index contributed by atoms with van der Waals surface area (Å²) in [4.78, 5) is 0. The zero-order chi connectivity index (χ0) is 12.9. The second kappa shape index (κ2) is 6.09. The Morgan fingerprint density at radius 2 is 2.18 bits per heavy atom. The molecule has 0 fully saturated rings. The molecule has 0 atom stereocenters. The summed E-state index contributed by atoms with van der Waals surface area (Å²) in [6.45, 7) is 0.364. The minimum absolute atomic E-state index is 0.0766. The summed E-state index contributed by atoms with van der Waals surface area (Å²) in [5.74, 6) is -0.239. The fourth-order valence-corrected chi connectivity index (χ4v) is 2.47. The Morgan fingerprint density at radius 3 is 2.82 bits per heavy atom. The zero-order valence-corrected chi connectivity index (χ0v) is 10.9. The molecule has 0 radical (unpaired) electrons. The van der Waals surface area contributed by atoms with Gasteiger partial charge in [0, 0.05) is 18.7 Å². The van der Waals surface area contributed by atoms with Gasteiger partial charge >= 0.3 is 0 Å². The van der Waals surface area contributed by atoms with Crippen LogP contribution in [0.25, 0.3) is 0 Å². The molecule has 0 spiro atoms. The maximum Gasteiger partial charge on any atom is 0.232 e. The van der Waals surface area contributed by atoms with Crippen molar-refractivity contribution >= 4 is 27.3 Å². The number of rotatable bonds is 6. The summed E-state index contributed by atoms with van der Waals surface area (Å²) < 4.78 is 30.3. The van der Waals surface area contributed by atoms with Gasteiger partial charge in [-0.05, 0) is 24.6 Å². The molecular weight excluding hydrogens is 266 g/mol. The van der Waals surface area contributed by atoms with E-state index in [0.717, 1.165) is 0 Å². The number of hydrogen-bond acceptors (Lipinski definition) is 4. The van der Waals surface area contributed by atoms with E-state index in [1.54, 1.807) is 0 Å². The molecule has 0 aliphatic rings. The van der Waals surface area contributed by atoms with Crippen LogP contribution < -0.4 is 4.72 Å². The molecule has 0 amide bonds. The topological polar surface area (TPSA) is 75.6 Å². The van der Waals surface area contributed by atoms with Crippen LogP contribution in [0.4, 0.5) is 5.69 Å². The molecule has 0 saturated heterocycles. The number of ether oxygens (including phenoxy) is 1. The quantitative estimate of drug-likeness (QED) is 0.615. The van der Waals surface area contributed by atoms with Crippen LogP contribution in [0.1, 0.15) is 6.42 Å². The normalized spacial score (nSPS) is 11.4. The third-order valence-electron chi connectivity index (χ3n) is 1.99. The maximum atomic E-state index is 11.6. The van der Waals surface area contributed by atoms with Crippen LogP contribution in [0.3, 0.4) is 0 Å². The first-order valence-electron chi connectivity index (χ1n) is 4.92. The minimum atomic E-state index is -3.49. The number of sulfonamides is 1. The Hall–Kier alpha value is -0.980. The van der Waals surface area contributed by atoms with E-state index >= 15 is 0 Å². The number of benzene rings is 1. The molecule has 17 heavy (non-hydrogen) atoms. The monoisotopic (exact) mass is 279 g/mol. The van der Waals surface area contributed by atoms with Crippen LogP contribution in [0, 0.1) is 0 Å². The lowest BCUT2D eigenvalue weighted by molar-refractivity contribution is 0.199. The van der Waals surface area contributed by atoms with Crippen molar-refractivity contribution in [1.29, 1.82) is 0 Å². The second-order valence-corrected chi connectivity index (χ2v) is 5.71. The van der Waals surface area contributed by atoms with Crippen molar-refractivity contribution in [3.8, 4) is 5.75 Å². The van der Waals surface area contributed by atoms with E-state index < -0.39 is 10.0 Å². The molecule has 0 heterocycles. The predicted octanol–water partition coefficient (Wildman–Crippen LogP) is 1.82. The van der Waals surface area contributed by atoms with E-state index in [9.17, 15) is 13.5 Å². The van der Waals surface area contributed by atoms with Gasteiger partial charge in [-0.2, -0.15) is 0 Å². The molecule has 0 bridgehead atoms. The largest absolute Gasteiger partial charge is 0.506 e. The van der Waals surface area contributed by atoms with Gasteiger partial charge in [-0.1, -0.05) is 11.6 Å². The fourth-order valence-electron chi connectivity index (χ4n) is 1.20. The van der Waals surface area contributed by atoms with E-state index in [1.807, 2.05) is 0 Å². The molecule has 0 aromatic heterocycles. The standard InChI is InChI=1S/C10H14ClNO4S/c1-16-5-2-6-17(14,15)12-9-7-8(11)3-4-10(9)13/h3-4,7,12-13H,2,5-6H2,1H3. The van der Waals surface area contributed by atoms with Crippen LogP contribution in [0.2, 0.25) is 5.02 Å². The van der Waals surface area contributed by atoms with Gasteiger partial charge in [0.25, 0.3) is 0 Å². The van der Waals surface area contributed by atoms with E-state index in [4.69, 9.17) is 16.3 Å². The van der Waals surface area contributed by atoms with Crippen molar-refractivity contribution in [2.45, 2.75) is 6.42 Å². The van der Waals surface area contributed by atoms with E-state index in [0.29, 0.717) is 18.1 Å². The Bertz CT molecular complexity index is 475. The number of phenols is 1. The Balaban J connectivity index is 2.72. The number of phenolic OH excluding ortho intramolecular Hbond substituents is 1. The van der Waals surface area contributed by atoms with Gasteiger partial charge in [-0.25, -0.2) is 8.42 Å². The number of hydrogen-bond donors (Lipinski definition) is 2. The smallest absolute Gasteiger partial charge is 0.232 e. The summed E-state index contributed by atoms with van der Waals surface area (Å²) in [6, 6.07) is 4.15. The highest BCUT2D eigenvalue weighted by atomic mass is 35.5. The average Bonchev–Trinajstić information content (AvgIpc) is 2.23. The fraction of sp³-hybridized carbons (Fsp3) is 0.400. The number of nitrogens with one attached hydrogen (secondary N) is 1. The molecule has 0 aliphatic carbocycles. The van der Waals surface area contributed by atoms with Gasteiger partial charge in [-0.15, -0.1) is 0 Å². The molecule has 5 nitrogen and oxygen atoms in total. The average molecular weight is 280 g/mol. The van der Waals surface area contributed by atoms with Gasteiger partial charge in [0.1, 0.15) is 5.75 Å². The van der Waals surface area contributed by atoms with Crippen molar-refractivity contribution in [3.63, 3.8) is 0 Å². The predicted molar refractivity (Wildman–Crippen MR) is 67.0 cm³/mol. The molecule has 1 aromatic rings. The van der Waals surface area contributed by atoms with Crippen LogP contribution in [0.5, 0.6) is 5.75 Å². The molecule has 0 saturated carbocycles. The lowest BCUT2D eigenvalue weighted by Gasteiger charge is -2.09. The second-order valence-electron chi connectivity index (χ2n) is 3.43. The Kier molecular flexibility index (Phi) is 5.04. The Labute approximate surface area is 105 Å². The molecule has 7 heteroatoms. The van der Waals surface area contributed by atoms with Crippen LogP contribution >= 0.6 is 11.6 Å². The summed E-state index contributed by atoms with van der Waals surface area (Å²) in [5.41, 5.74) is 0.0786. The summed E-state index contributed by atoms with van der Waals surface area (Å²) in [7, 11) is -1.99. The SMILES string of the molecule is COCCCS(=O)(=O)Nc1cc(Cl)ccc1O. The maximum absolute atomic E-state index is 11.6. The van der Waals surface area contributed by atoms with Gasteiger partial charge in [0.2, 0.25) is 10.0 Å². The number of methoxy groups -OCH3 is 1. The van der Waals surface area contributed by atoms with Gasteiger partial charge in [-0.3, -0.25) is 4.72 Å². The van der Waals surface area contributed by atoms with Gasteiger partial charge < -0.3 is 9.84 Å². The van der Waals surface area contributed by atoms with Crippen molar-refractivity contribution in [2.24, 2.45) is 0 Å². The Morgan fingerprint density at radius 1 is 1.47 bits per heavy atom. The van der Waals surface area contributed by atoms with Crippen molar-refractivity contribution in [2.75, 3.05) is 24.2 Å². The van der Waals surface area contributed by atoms with Crippen molar-refractivity contribution in [1.82, 2.24) is 0 Å².